The van der Waals surface area contributed by atoms with E-state index in [9.17, 15) is 22.8 Å². The summed E-state index contributed by atoms with van der Waals surface area (Å²) in [5, 5.41) is 0. The number of esters is 3. The Bertz CT molecular complexity index is 925. The van der Waals surface area contributed by atoms with Gasteiger partial charge in [-0.15, -0.1) is 0 Å². The number of carbonyl (C=O) groups excluding carboxylic acids is 3. The highest BCUT2D eigenvalue weighted by atomic mass is 32.2. The van der Waals surface area contributed by atoms with Gasteiger partial charge < -0.3 is 23.7 Å². The lowest BCUT2D eigenvalue weighted by Gasteiger charge is -2.43. The Hall–Kier alpha value is -2.54. The van der Waals surface area contributed by atoms with E-state index in [0.717, 1.165) is 26.3 Å². The molecule has 0 N–H and O–H groups in total. The molecule has 0 radical (unpaired) electrons. The third-order valence-corrected chi connectivity index (χ3v) is 5.74. The number of aryl methyl sites for hydroxylation is 1. The predicted molar refractivity (Wildman–Crippen MR) is 107 cm³/mol. The van der Waals surface area contributed by atoms with E-state index in [1.165, 1.54) is 19.2 Å². The highest BCUT2D eigenvalue weighted by Crippen LogP contribution is 2.30. The van der Waals surface area contributed by atoms with Gasteiger partial charge in [-0.05, 0) is 19.1 Å². The molecular formula is C20H26O11S. The standard InChI is InChI=1S/C20H26O11S/c1-11-6-8-15(9-7-11)32(24,25)27-10-16-17(28-12(2)21)18(26-5)19(29-13(3)22)20(31-16)30-14(4)23/h6-9,16-20H,10H2,1-5H3/t16-,17-,18+,19-,20+/m1/s1. The van der Waals surface area contributed by atoms with Crippen LogP contribution in [0.5, 0.6) is 0 Å². The summed E-state index contributed by atoms with van der Waals surface area (Å²) < 4.78 is 56.8. The van der Waals surface area contributed by atoms with Crippen molar-refractivity contribution in [1.82, 2.24) is 0 Å². The third kappa shape index (κ3) is 6.73. The maximum Gasteiger partial charge on any atom is 0.305 e. The molecule has 0 amide bonds. The fraction of sp³-hybridized carbons (Fsp3) is 0.550. The lowest BCUT2D eigenvalue weighted by molar-refractivity contribution is -0.299. The number of carbonyl (C=O) groups is 3. The second-order valence-electron chi connectivity index (χ2n) is 7.05. The van der Waals surface area contributed by atoms with E-state index in [1.807, 2.05) is 0 Å². The first kappa shape index (κ1) is 25.7. The number of rotatable bonds is 8. The molecule has 5 atom stereocenters. The Morgan fingerprint density at radius 1 is 0.875 bits per heavy atom. The summed E-state index contributed by atoms with van der Waals surface area (Å²) in [6.45, 7) is 4.57. The average molecular weight is 474 g/mol. The first-order valence-electron chi connectivity index (χ1n) is 9.60. The average Bonchev–Trinajstić information content (AvgIpc) is 2.68. The summed E-state index contributed by atoms with van der Waals surface area (Å²) in [6.07, 6.45) is -6.35. The van der Waals surface area contributed by atoms with Gasteiger partial charge in [0.15, 0.2) is 12.2 Å². The molecule has 11 nitrogen and oxygen atoms in total. The van der Waals surface area contributed by atoms with Crippen molar-refractivity contribution in [3.8, 4) is 0 Å². The minimum Gasteiger partial charge on any atom is -0.457 e. The van der Waals surface area contributed by atoms with E-state index in [-0.39, 0.29) is 4.90 Å². The van der Waals surface area contributed by atoms with Gasteiger partial charge in [0.05, 0.1) is 11.5 Å². The van der Waals surface area contributed by atoms with Gasteiger partial charge in [0.1, 0.15) is 12.2 Å². The quantitative estimate of drug-likeness (QED) is 0.301. The lowest BCUT2D eigenvalue weighted by Crippen LogP contribution is -2.62. The minimum atomic E-state index is -4.18. The Labute approximate surface area is 186 Å². The first-order valence-corrected chi connectivity index (χ1v) is 11.0. The van der Waals surface area contributed by atoms with E-state index >= 15 is 0 Å². The van der Waals surface area contributed by atoms with E-state index in [1.54, 1.807) is 19.1 Å². The van der Waals surface area contributed by atoms with Crippen molar-refractivity contribution in [1.29, 1.82) is 0 Å². The molecule has 1 aliphatic heterocycles. The first-order chi connectivity index (χ1) is 14.9. The molecule has 0 bridgehead atoms. The fourth-order valence-corrected chi connectivity index (χ4v) is 4.04. The van der Waals surface area contributed by atoms with Crippen molar-refractivity contribution in [2.24, 2.45) is 0 Å². The van der Waals surface area contributed by atoms with Gasteiger partial charge in [-0.25, -0.2) is 0 Å². The molecule has 1 aromatic rings. The van der Waals surface area contributed by atoms with Crippen molar-refractivity contribution in [3.05, 3.63) is 29.8 Å². The molecule has 178 valence electrons. The number of methoxy groups -OCH3 is 1. The van der Waals surface area contributed by atoms with Crippen LogP contribution in [0.25, 0.3) is 0 Å². The van der Waals surface area contributed by atoms with Crippen molar-refractivity contribution in [2.45, 2.75) is 63.3 Å². The molecule has 1 saturated heterocycles. The molecule has 0 saturated carbocycles. The normalized spacial score (nSPS) is 25.6. The summed E-state index contributed by atoms with van der Waals surface area (Å²) in [7, 11) is -2.92. The molecule has 32 heavy (non-hydrogen) atoms. The van der Waals surface area contributed by atoms with Crippen LogP contribution in [0.4, 0.5) is 0 Å². The van der Waals surface area contributed by atoms with Gasteiger partial charge in [0.2, 0.25) is 6.29 Å². The van der Waals surface area contributed by atoms with Gasteiger partial charge >= 0.3 is 17.9 Å². The Morgan fingerprint density at radius 3 is 1.91 bits per heavy atom. The Balaban J connectivity index is 2.32. The number of hydrogen-bond acceptors (Lipinski definition) is 11. The van der Waals surface area contributed by atoms with Crippen molar-refractivity contribution < 1.29 is 50.7 Å². The zero-order valence-corrected chi connectivity index (χ0v) is 19.1. The molecule has 1 aliphatic rings. The molecule has 1 fully saturated rings. The molecule has 1 aromatic carbocycles. The highest BCUT2D eigenvalue weighted by molar-refractivity contribution is 7.86. The summed E-state index contributed by atoms with van der Waals surface area (Å²) in [5.74, 6) is -2.20. The maximum absolute atomic E-state index is 12.6. The molecule has 2 rings (SSSR count). The topological polar surface area (TPSA) is 141 Å². The van der Waals surface area contributed by atoms with Crippen molar-refractivity contribution in [3.63, 3.8) is 0 Å². The van der Waals surface area contributed by atoms with Crippen LogP contribution in [0.3, 0.4) is 0 Å². The van der Waals surface area contributed by atoms with Crippen LogP contribution in [0.15, 0.2) is 29.2 Å². The monoisotopic (exact) mass is 474 g/mol. The Kier molecular flexibility index (Phi) is 8.73. The van der Waals surface area contributed by atoms with Gasteiger partial charge in [-0.1, -0.05) is 17.7 Å². The summed E-state index contributed by atoms with van der Waals surface area (Å²) in [4.78, 5) is 34.7. The number of benzene rings is 1. The van der Waals surface area contributed by atoms with Gasteiger partial charge in [0.25, 0.3) is 10.1 Å². The number of hydrogen-bond donors (Lipinski definition) is 0. The predicted octanol–water partition coefficient (Wildman–Crippen LogP) is 0.867. The van der Waals surface area contributed by atoms with Gasteiger partial charge in [-0.3, -0.25) is 18.6 Å². The second kappa shape index (κ2) is 10.9. The van der Waals surface area contributed by atoms with Crippen LogP contribution < -0.4 is 0 Å². The lowest BCUT2D eigenvalue weighted by atomic mass is 9.98. The SMILES string of the molecule is CO[C@@H]1[C@@H](OC(C)=O)[C@@H](OC(C)=O)O[C@H](COS(=O)(=O)c2ccc(C)cc2)[C@H]1OC(C)=O. The van der Waals surface area contributed by atoms with Gasteiger partial charge in [-0.2, -0.15) is 8.42 Å². The van der Waals surface area contributed by atoms with E-state index in [0.29, 0.717) is 0 Å². The minimum absolute atomic E-state index is 0.0828. The van der Waals surface area contributed by atoms with E-state index < -0.39 is 65.3 Å². The van der Waals surface area contributed by atoms with Crippen LogP contribution in [-0.4, -0.2) is 70.7 Å². The molecule has 1 heterocycles. The molecule has 0 unspecified atom stereocenters. The largest absolute Gasteiger partial charge is 0.457 e. The highest BCUT2D eigenvalue weighted by Gasteiger charge is 2.52. The molecule has 0 spiro atoms. The van der Waals surface area contributed by atoms with E-state index in [4.69, 9.17) is 27.9 Å². The summed E-state index contributed by atoms with van der Waals surface area (Å²) in [5.41, 5.74) is 0.859. The van der Waals surface area contributed by atoms with E-state index in [2.05, 4.69) is 0 Å². The Morgan fingerprint density at radius 2 is 1.41 bits per heavy atom. The fourth-order valence-electron chi connectivity index (χ4n) is 3.12. The zero-order valence-electron chi connectivity index (χ0n) is 18.3. The van der Waals surface area contributed by atoms with Crippen LogP contribution in [0.1, 0.15) is 26.3 Å². The maximum atomic E-state index is 12.6. The van der Waals surface area contributed by atoms with Crippen molar-refractivity contribution >= 4 is 28.0 Å². The van der Waals surface area contributed by atoms with Gasteiger partial charge in [0, 0.05) is 27.9 Å². The van der Waals surface area contributed by atoms with Crippen LogP contribution in [-0.2, 0) is 52.4 Å². The number of ether oxygens (including phenoxy) is 5. The zero-order chi connectivity index (χ0) is 24.1. The molecule has 0 aromatic heterocycles. The third-order valence-electron chi connectivity index (χ3n) is 4.45. The van der Waals surface area contributed by atoms with Crippen LogP contribution in [0, 0.1) is 6.92 Å². The van der Waals surface area contributed by atoms with Crippen LogP contribution >= 0.6 is 0 Å². The molecule has 12 heteroatoms. The van der Waals surface area contributed by atoms with Crippen molar-refractivity contribution in [2.75, 3.05) is 13.7 Å². The summed E-state index contributed by atoms with van der Waals surface area (Å²) >= 11 is 0. The molecular weight excluding hydrogens is 448 g/mol. The van der Waals surface area contributed by atoms with Crippen LogP contribution in [0.2, 0.25) is 0 Å². The second-order valence-corrected chi connectivity index (χ2v) is 8.67. The summed E-state index contributed by atoms with van der Waals surface area (Å²) in [6, 6.07) is 5.98. The molecule has 0 aliphatic carbocycles. The smallest absolute Gasteiger partial charge is 0.305 e.